The third-order valence-corrected chi connectivity index (χ3v) is 3.91. The predicted molar refractivity (Wildman–Crippen MR) is 77.5 cm³/mol. The summed E-state index contributed by atoms with van der Waals surface area (Å²) >= 11 is 0. The van der Waals surface area contributed by atoms with Crippen LogP contribution in [0.1, 0.15) is 28.4 Å². The van der Waals surface area contributed by atoms with E-state index in [2.05, 4.69) is 0 Å². The lowest BCUT2D eigenvalue weighted by atomic mass is 9.97. The normalized spacial score (nSPS) is 16.5. The highest BCUT2D eigenvalue weighted by Crippen LogP contribution is 2.32. The van der Waals surface area contributed by atoms with Gasteiger partial charge in [-0.15, -0.1) is 0 Å². The van der Waals surface area contributed by atoms with Crippen LogP contribution in [0.2, 0.25) is 0 Å². The summed E-state index contributed by atoms with van der Waals surface area (Å²) in [6, 6.07) is 11.3. The Morgan fingerprint density at radius 1 is 0.773 bits per heavy atom. The number of hydrogen-bond donors (Lipinski definition) is 1. The van der Waals surface area contributed by atoms with E-state index < -0.39 is 6.10 Å². The molecule has 5 nitrogen and oxygen atoms in total. The number of aliphatic hydroxyl groups excluding tert-OH is 1. The largest absolute Gasteiger partial charge is 0.467 e. The first-order valence-electron chi connectivity index (χ1n) is 7.16. The molecule has 0 atom stereocenters. The van der Waals surface area contributed by atoms with E-state index in [1.54, 1.807) is 0 Å². The molecule has 0 radical (unpaired) electrons. The van der Waals surface area contributed by atoms with Crippen molar-refractivity contribution in [2.75, 3.05) is 13.6 Å². The number of aliphatic hydroxyl groups is 1. The van der Waals surface area contributed by atoms with Gasteiger partial charge < -0.3 is 24.1 Å². The zero-order valence-corrected chi connectivity index (χ0v) is 12.0. The molecule has 0 unspecified atom stereocenters. The van der Waals surface area contributed by atoms with Gasteiger partial charge in [0.15, 0.2) is 13.6 Å². The highest BCUT2D eigenvalue weighted by Gasteiger charge is 2.18. The van der Waals surface area contributed by atoms with Crippen LogP contribution in [0.3, 0.4) is 0 Å². The SMILES string of the molecule is OC(c1ccc2c(c1)COCO2)c1ccc2c(c1)COCO2. The molecule has 2 aliphatic rings. The third-order valence-electron chi connectivity index (χ3n) is 3.91. The van der Waals surface area contributed by atoms with E-state index >= 15 is 0 Å². The summed E-state index contributed by atoms with van der Waals surface area (Å²) in [4.78, 5) is 0. The average molecular weight is 300 g/mol. The van der Waals surface area contributed by atoms with Gasteiger partial charge in [0.1, 0.15) is 17.6 Å². The van der Waals surface area contributed by atoms with Crippen LogP contribution in [0.15, 0.2) is 36.4 Å². The molecular weight excluding hydrogens is 284 g/mol. The molecule has 0 spiro atoms. The van der Waals surface area contributed by atoms with Crippen molar-refractivity contribution in [3.05, 3.63) is 58.7 Å². The van der Waals surface area contributed by atoms with Crippen molar-refractivity contribution in [2.24, 2.45) is 0 Å². The summed E-state index contributed by atoms with van der Waals surface area (Å²) < 4.78 is 21.4. The molecular formula is C17H16O5. The van der Waals surface area contributed by atoms with Crippen LogP contribution < -0.4 is 9.47 Å². The molecule has 0 bridgehead atoms. The van der Waals surface area contributed by atoms with Gasteiger partial charge in [0.05, 0.1) is 13.2 Å². The highest BCUT2D eigenvalue weighted by atomic mass is 16.7. The van der Waals surface area contributed by atoms with E-state index in [1.165, 1.54) is 0 Å². The topological polar surface area (TPSA) is 57.2 Å². The molecule has 0 saturated heterocycles. The Hall–Kier alpha value is -2.08. The molecule has 2 aromatic rings. The van der Waals surface area contributed by atoms with E-state index in [9.17, 15) is 5.11 Å². The van der Waals surface area contributed by atoms with Crippen molar-refractivity contribution < 1.29 is 24.1 Å². The van der Waals surface area contributed by atoms with Gasteiger partial charge in [0, 0.05) is 11.1 Å². The van der Waals surface area contributed by atoms with E-state index in [1.807, 2.05) is 36.4 Å². The second kappa shape index (κ2) is 5.61. The Balaban J connectivity index is 1.65. The molecule has 0 aliphatic carbocycles. The molecule has 1 N–H and O–H groups in total. The van der Waals surface area contributed by atoms with Crippen molar-refractivity contribution in [1.82, 2.24) is 0 Å². The van der Waals surface area contributed by atoms with E-state index in [4.69, 9.17) is 18.9 Å². The number of rotatable bonds is 2. The van der Waals surface area contributed by atoms with Crippen LogP contribution in [0, 0.1) is 0 Å². The summed E-state index contributed by atoms with van der Waals surface area (Å²) in [5.41, 5.74) is 3.52. The zero-order valence-electron chi connectivity index (χ0n) is 12.0. The Morgan fingerprint density at radius 3 is 1.77 bits per heavy atom. The van der Waals surface area contributed by atoms with Gasteiger partial charge in [0.2, 0.25) is 0 Å². The van der Waals surface area contributed by atoms with E-state index in [-0.39, 0.29) is 13.6 Å². The van der Waals surface area contributed by atoms with Crippen molar-refractivity contribution in [1.29, 1.82) is 0 Å². The second-order valence-electron chi connectivity index (χ2n) is 5.36. The first kappa shape index (κ1) is 13.6. The first-order valence-corrected chi connectivity index (χ1v) is 7.16. The zero-order chi connectivity index (χ0) is 14.9. The molecule has 0 amide bonds. The molecule has 22 heavy (non-hydrogen) atoms. The molecule has 114 valence electrons. The van der Waals surface area contributed by atoms with Gasteiger partial charge in [-0.3, -0.25) is 0 Å². The Morgan fingerprint density at radius 2 is 1.27 bits per heavy atom. The Bertz CT molecular complexity index is 638. The van der Waals surface area contributed by atoms with Gasteiger partial charge in [-0.1, -0.05) is 12.1 Å². The average Bonchev–Trinajstić information content (AvgIpc) is 2.60. The van der Waals surface area contributed by atoms with Gasteiger partial charge in [-0.2, -0.15) is 0 Å². The molecule has 2 heterocycles. The Labute approximate surface area is 128 Å². The van der Waals surface area contributed by atoms with E-state index in [0.29, 0.717) is 13.2 Å². The second-order valence-corrected chi connectivity index (χ2v) is 5.36. The maximum Gasteiger partial charge on any atom is 0.189 e. The molecule has 0 aromatic heterocycles. The minimum Gasteiger partial charge on any atom is -0.467 e. The summed E-state index contributed by atoms with van der Waals surface area (Å²) in [6.45, 7) is 1.56. The summed E-state index contributed by atoms with van der Waals surface area (Å²) in [7, 11) is 0. The molecule has 5 heteroatoms. The van der Waals surface area contributed by atoms with E-state index in [0.717, 1.165) is 33.8 Å². The van der Waals surface area contributed by atoms with Crippen molar-refractivity contribution >= 4 is 0 Å². The fourth-order valence-electron chi connectivity index (χ4n) is 2.75. The van der Waals surface area contributed by atoms with Crippen molar-refractivity contribution in [3.8, 4) is 11.5 Å². The lowest BCUT2D eigenvalue weighted by Crippen LogP contribution is -2.13. The van der Waals surface area contributed by atoms with Gasteiger partial charge in [-0.05, 0) is 35.4 Å². The minimum atomic E-state index is -0.709. The number of fused-ring (bicyclic) bond motifs is 2. The standard InChI is InChI=1S/C17H16O5/c18-17(11-1-3-15-13(5-11)7-19-9-21-15)12-2-4-16-14(6-12)8-20-10-22-16/h1-6,17-18H,7-10H2. The van der Waals surface area contributed by atoms with Crippen LogP contribution >= 0.6 is 0 Å². The Kier molecular flexibility index (Phi) is 3.46. The fourth-order valence-corrected chi connectivity index (χ4v) is 2.75. The van der Waals surface area contributed by atoms with Gasteiger partial charge in [0.25, 0.3) is 0 Å². The van der Waals surface area contributed by atoms with Gasteiger partial charge in [-0.25, -0.2) is 0 Å². The van der Waals surface area contributed by atoms with Crippen LogP contribution in [0.5, 0.6) is 11.5 Å². The number of benzene rings is 2. The van der Waals surface area contributed by atoms with Crippen LogP contribution in [0.25, 0.3) is 0 Å². The monoisotopic (exact) mass is 300 g/mol. The fraction of sp³-hybridized carbons (Fsp3) is 0.294. The van der Waals surface area contributed by atoms with Crippen molar-refractivity contribution in [2.45, 2.75) is 19.3 Å². The van der Waals surface area contributed by atoms with Gasteiger partial charge >= 0.3 is 0 Å². The highest BCUT2D eigenvalue weighted by molar-refractivity contribution is 5.44. The quantitative estimate of drug-likeness (QED) is 0.923. The minimum absolute atomic E-state index is 0.278. The lowest BCUT2D eigenvalue weighted by molar-refractivity contribution is -0.0165. The smallest absolute Gasteiger partial charge is 0.189 e. The number of hydrogen-bond acceptors (Lipinski definition) is 5. The summed E-state index contributed by atoms with van der Waals surface area (Å²) in [5.74, 6) is 1.63. The van der Waals surface area contributed by atoms with Crippen LogP contribution in [0.4, 0.5) is 0 Å². The molecule has 0 saturated carbocycles. The molecule has 4 rings (SSSR count). The maximum atomic E-state index is 10.6. The first-order chi connectivity index (χ1) is 10.8. The summed E-state index contributed by atoms with van der Waals surface area (Å²) in [6.07, 6.45) is -0.709. The van der Waals surface area contributed by atoms with Crippen LogP contribution in [-0.4, -0.2) is 18.7 Å². The molecule has 2 aromatic carbocycles. The lowest BCUT2D eigenvalue weighted by Gasteiger charge is -2.21. The third kappa shape index (κ3) is 2.43. The molecule has 2 aliphatic heterocycles. The van der Waals surface area contributed by atoms with Crippen molar-refractivity contribution in [3.63, 3.8) is 0 Å². The molecule has 0 fully saturated rings. The summed E-state index contributed by atoms with van der Waals surface area (Å²) in [5, 5.41) is 10.6. The number of ether oxygens (including phenoxy) is 4. The predicted octanol–water partition coefficient (Wildman–Crippen LogP) is 2.50. The maximum absolute atomic E-state index is 10.6. The van der Waals surface area contributed by atoms with Crippen LogP contribution in [-0.2, 0) is 22.7 Å².